The molecule has 108 valence electrons. The van der Waals surface area contributed by atoms with Crippen LogP contribution in [0, 0.1) is 12.8 Å². The molecule has 0 spiro atoms. The molecule has 1 fully saturated rings. The van der Waals surface area contributed by atoms with Crippen LogP contribution < -0.4 is 5.32 Å². The minimum Gasteiger partial charge on any atom is -0.311 e. The van der Waals surface area contributed by atoms with Crippen LogP contribution in [0.1, 0.15) is 44.8 Å². The van der Waals surface area contributed by atoms with Crippen molar-refractivity contribution in [2.75, 3.05) is 13.1 Å². The third-order valence-electron chi connectivity index (χ3n) is 4.39. The zero-order valence-corrected chi connectivity index (χ0v) is 13.7. The standard InChI is InChI=1S/C15H27N3S/c1-6-11(2)13-7-18(15(4,5)10-16-13)8-14-17-12(3)9-19-14/h9,11,13,16H,6-8,10H2,1-5H3. The highest BCUT2D eigenvalue weighted by Gasteiger charge is 2.35. The zero-order chi connectivity index (χ0) is 14.0. The first kappa shape index (κ1) is 14.9. The third kappa shape index (κ3) is 3.56. The minimum absolute atomic E-state index is 0.212. The smallest absolute Gasteiger partial charge is 0.107 e. The topological polar surface area (TPSA) is 28.2 Å². The van der Waals surface area contributed by atoms with Gasteiger partial charge in [0.1, 0.15) is 5.01 Å². The SMILES string of the molecule is CCC(C)C1CN(Cc2nc(C)cs2)C(C)(C)CN1. The molecule has 2 atom stereocenters. The Bertz CT molecular complexity index is 413. The second kappa shape index (κ2) is 5.90. The Morgan fingerprint density at radius 3 is 2.89 bits per heavy atom. The Balaban J connectivity index is 2.06. The van der Waals surface area contributed by atoms with E-state index in [1.54, 1.807) is 11.3 Å². The molecular formula is C15H27N3S. The first-order valence-electron chi connectivity index (χ1n) is 7.32. The minimum atomic E-state index is 0.212. The zero-order valence-electron chi connectivity index (χ0n) is 12.9. The molecule has 1 aliphatic heterocycles. The lowest BCUT2D eigenvalue weighted by Gasteiger charge is -2.47. The van der Waals surface area contributed by atoms with Crippen LogP contribution in [0.15, 0.2) is 5.38 Å². The van der Waals surface area contributed by atoms with Gasteiger partial charge in [-0.3, -0.25) is 4.90 Å². The van der Waals surface area contributed by atoms with Crippen molar-refractivity contribution in [3.8, 4) is 0 Å². The van der Waals surface area contributed by atoms with Crippen molar-refractivity contribution in [3.63, 3.8) is 0 Å². The fraction of sp³-hybridized carbons (Fsp3) is 0.800. The predicted molar refractivity (Wildman–Crippen MR) is 82.6 cm³/mol. The monoisotopic (exact) mass is 281 g/mol. The van der Waals surface area contributed by atoms with E-state index in [4.69, 9.17) is 0 Å². The molecule has 1 N–H and O–H groups in total. The van der Waals surface area contributed by atoms with Gasteiger partial charge in [-0.1, -0.05) is 20.3 Å². The number of hydrogen-bond acceptors (Lipinski definition) is 4. The van der Waals surface area contributed by atoms with Crippen LogP contribution in [0.2, 0.25) is 0 Å². The summed E-state index contributed by atoms with van der Waals surface area (Å²) in [6, 6.07) is 0.610. The summed E-state index contributed by atoms with van der Waals surface area (Å²) in [6.07, 6.45) is 1.24. The van der Waals surface area contributed by atoms with Crippen molar-refractivity contribution >= 4 is 11.3 Å². The number of thiazole rings is 1. The molecule has 1 aromatic rings. The molecular weight excluding hydrogens is 254 g/mol. The number of nitrogens with zero attached hydrogens (tertiary/aromatic N) is 2. The molecule has 0 radical (unpaired) electrons. The van der Waals surface area contributed by atoms with Crippen LogP contribution in [0.4, 0.5) is 0 Å². The molecule has 1 aliphatic rings. The summed E-state index contributed by atoms with van der Waals surface area (Å²) in [6.45, 7) is 14.5. The van der Waals surface area contributed by atoms with E-state index in [1.807, 2.05) is 0 Å². The van der Waals surface area contributed by atoms with Gasteiger partial charge < -0.3 is 5.32 Å². The Kier molecular flexibility index (Phi) is 4.64. The van der Waals surface area contributed by atoms with Crippen molar-refractivity contribution in [1.29, 1.82) is 0 Å². The van der Waals surface area contributed by atoms with Gasteiger partial charge >= 0.3 is 0 Å². The normalized spacial score (nSPS) is 25.4. The van der Waals surface area contributed by atoms with Gasteiger partial charge in [-0.2, -0.15) is 0 Å². The van der Waals surface area contributed by atoms with Crippen LogP contribution in [0.25, 0.3) is 0 Å². The van der Waals surface area contributed by atoms with E-state index in [9.17, 15) is 0 Å². The number of hydrogen-bond donors (Lipinski definition) is 1. The Labute approximate surface area is 121 Å². The summed E-state index contributed by atoms with van der Waals surface area (Å²) in [5.74, 6) is 0.733. The van der Waals surface area contributed by atoms with E-state index in [-0.39, 0.29) is 5.54 Å². The maximum Gasteiger partial charge on any atom is 0.107 e. The van der Waals surface area contributed by atoms with Gasteiger partial charge in [-0.15, -0.1) is 11.3 Å². The van der Waals surface area contributed by atoms with Crippen LogP contribution >= 0.6 is 11.3 Å². The average Bonchev–Trinajstić information content (AvgIpc) is 2.76. The van der Waals surface area contributed by atoms with Gasteiger partial charge in [0.2, 0.25) is 0 Å². The number of rotatable bonds is 4. The van der Waals surface area contributed by atoms with E-state index < -0.39 is 0 Å². The van der Waals surface area contributed by atoms with Crippen molar-refractivity contribution < 1.29 is 0 Å². The fourth-order valence-corrected chi connectivity index (χ4v) is 3.41. The maximum absolute atomic E-state index is 4.62. The number of nitrogens with one attached hydrogen (secondary N) is 1. The summed E-state index contributed by atoms with van der Waals surface area (Å²) in [4.78, 5) is 7.21. The second-order valence-electron chi connectivity index (χ2n) is 6.45. The summed E-state index contributed by atoms with van der Waals surface area (Å²) in [7, 11) is 0. The third-order valence-corrected chi connectivity index (χ3v) is 5.34. The van der Waals surface area contributed by atoms with Crippen LogP contribution in [-0.4, -0.2) is 34.6 Å². The van der Waals surface area contributed by atoms with Gasteiger partial charge in [-0.05, 0) is 26.7 Å². The molecule has 19 heavy (non-hydrogen) atoms. The highest BCUT2D eigenvalue weighted by molar-refractivity contribution is 7.09. The molecule has 2 unspecified atom stereocenters. The van der Waals surface area contributed by atoms with Gasteiger partial charge in [0.05, 0.1) is 6.54 Å². The van der Waals surface area contributed by atoms with Gasteiger partial charge in [0.25, 0.3) is 0 Å². The number of aryl methyl sites for hydroxylation is 1. The molecule has 0 aromatic carbocycles. The van der Waals surface area contributed by atoms with Crippen molar-refractivity contribution in [1.82, 2.24) is 15.2 Å². The van der Waals surface area contributed by atoms with Gasteiger partial charge in [0.15, 0.2) is 0 Å². The van der Waals surface area contributed by atoms with E-state index in [0.29, 0.717) is 6.04 Å². The number of aromatic nitrogens is 1. The summed E-state index contributed by atoms with van der Waals surface area (Å²) in [5.41, 5.74) is 1.36. The lowest BCUT2D eigenvalue weighted by molar-refractivity contribution is 0.0448. The average molecular weight is 281 g/mol. The molecule has 1 aromatic heterocycles. The predicted octanol–water partition coefficient (Wildman–Crippen LogP) is 3.05. The van der Waals surface area contributed by atoms with Gasteiger partial charge in [-0.25, -0.2) is 4.98 Å². The molecule has 2 rings (SSSR count). The molecule has 0 bridgehead atoms. The lowest BCUT2D eigenvalue weighted by atomic mass is 9.91. The molecule has 0 aliphatic carbocycles. The summed E-state index contributed by atoms with van der Waals surface area (Å²) >= 11 is 1.79. The number of piperazine rings is 1. The summed E-state index contributed by atoms with van der Waals surface area (Å²) < 4.78 is 0. The molecule has 0 amide bonds. The first-order valence-corrected chi connectivity index (χ1v) is 8.20. The highest BCUT2D eigenvalue weighted by atomic mass is 32.1. The maximum atomic E-state index is 4.62. The quantitative estimate of drug-likeness (QED) is 0.919. The van der Waals surface area contributed by atoms with Crippen LogP contribution in [0.3, 0.4) is 0 Å². The van der Waals surface area contributed by atoms with Crippen molar-refractivity contribution in [2.45, 2.75) is 59.2 Å². The van der Waals surface area contributed by atoms with Crippen molar-refractivity contribution in [2.24, 2.45) is 5.92 Å². The van der Waals surface area contributed by atoms with Gasteiger partial charge in [0, 0.05) is 35.7 Å². The Morgan fingerprint density at radius 1 is 1.58 bits per heavy atom. The van der Waals surface area contributed by atoms with Crippen LogP contribution in [0.5, 0.6) is 0 Å². The van der Waals surface area contributed by atoms with E-state index in [1.165, 1.54) is 11.4 Å². The Hall–Kier alpha value is -0.450. The van der Waals surface area contributed by atoms with Crippen molar-refractivity contribution in [3.05, 3.63) is 16.1 Å². The summed E-state index contributed by atoms with van der Waals surface area (Å²) in [5, 5.41) is 7.12. The van der Waals surface area contributed by atoms with E-state index in [0.717, 1.165) is 31.2 Å². The molecule has 0 saturated carbocycles. The second-order valence-corrected chi connectivity index (χ2v) is 7.39. The molecule has 3 nitrogen and oxygen atoms in total. The highest BCUT2D eigenvalue weighted by Crippen LogP contribution is 2.25. The lowest BCUT2D eigenvalue weighted by Crippen LogP contribution is -2.62. The molecule has 4 heteroatoms. The molecule has 1 saturated heterocycles. The fourth-order valence-electron chi connectivity index (χ4n) is 2.62. The molecule has 2 heterocycles. The largest absolute Gasteiger partial charge is 0.311 e. The Morgan fingerprint density at radius 2 is 2.32 bits per heavy atom. The van der Waals surface area contributed by atoms with Crippen LogP contribution in [-0.2, 0) is 6.54 Å². The van der Waals surface area contributed by atoms with E-state index >= 15 is 0 Å². The first-order chi connectivity index (χ1) is 8.92. The van der Waals surface area contributed by atoms with E-state index in [2.05, 4.69) is 55.2 Å².